The molecule has 22 heavy (non-hydrogen) atoms. The largest absolute Gasteiger partial charge is 0.450 e. The second-order valence-corrected chi connectivity index (χ2v) is 4.86. The number of aryl methyl sites for hydroxylation is 2. The molecule has 0 atom stereocenters. The lowest BCUT2D eigenvalue weighted by Crippen LogP contribution is -2.37. The summed E-state index contributed by atoms with van der Waals surface area (Å²) in [7, 11) is 4.71. The van der Waals surface area contributed by atoms with Crippen molar-refractivity contribution >= 4 is 17.3 Å². The highest BCUT2D eigenvalue weighted by Crippen LogP contribution is 2.09. The van der Waals surface area contributed by atoms with Gasteiger partial charge in [0.25, 0.3) is 5.56 Å². The monoisotopic (exact) mass is 309 g/mol. The van der Waals surface area contributed by atoms with Gasteiger partial charge in [-0.3, -0.25) is 13.9 Å². The minimum absolute atomic E-state index is 0.302. The number of carbonyl (C=O) groups excluding carboxylic acids is 1. The first kappa shape index (κ1) is 15.8. The maximum atomic E-state index is 12.2. The Balaban J connectivity index is 2.34. The molecule has 0 fully saturated rings. The molecule has 0 saturated heterocycles. The highest BCUT2D eigenvalue weighted by molar-refractivity contribution is 5.71. The van der Waals surface area contributed by atoms with Crippen molar-refractivity contribution in [3.8, 4) is 0 Å². The van der Waals surface area contributed by atoms with Gasteiger partial charge in [0.05, 0.1) is 6.61 Å². The van der Waals surface area contributed by atoms with Crippen LogP contribution in [-0.4, -0.2) is 37.9 Å². The van der Waals surface area contributed by atoms with Crippen LogP contribution in [-0.2, 0) is 32.3 Å². The number of ether oxygens (including phenoxy) is 1. The Kier molecular flexibility index (Phi) is 4.34. The van der Waals surface area contributed by atoms with Crippen LogP contribution >= 0.6 is 0 Å². The maximum absolute atomic E-state index is 12.2. The molecule has 120 valence electrons. The molecule has 0 radical (unpaired) electrons. The summed E-state index contributed by atoms with van der Waals surface area (Å²) >= 11 is 0. The van der Waals surface area contributed by atoms with Crippen LogP contribution in [0.1, 0.15) is 12.7 Å². The Bertz CT molecular complexity index is 830. The first-order valence-corrected chi connectivity index (χ1v) is 6.90. The number of rotatable bonds is 4. The first-order valence-electron chi connectivity index (χ1n) is 6.90. The van der Waals surface area contributed by atoms with Gasteiger partial charge in [-0.1, -0.05) is 0 Å². The molecule has 0 unspecified atom stereocenters. The summed E-state index contributed by atoms with van der Waals surface area (Å²) in [5, 5.41) is 2.59. The van der Waals surface area contributed by atoms with E-state index < -0.39 is 17.3 Å². The summed E-state index contributed by atoms with van der Waals surface area (Å²) in [5.74, 6) is 0.602. The number of nitrogens with one attached hydrogen (secondary N) is 1. The number of hydrogen-bond acceptors (Lipinski definition) is 5. The molecule has 0 aromatic carbocycles. The number of alkyl carbamates (subject to hydrolysis) is 1. The number of nitrogens with zero attached hydrogens (tertiary/aromatic N) is 4. The van der Waals surface area contributed by atoms with Crippen LogP contribution in [0.5, 0.6) is 0 Å². The van der Waals surface area contributed by atoms with Crippen LogP contribution in [0.15, 0.2) is 9.59 Å². The Hall–Kier alpha value is -2.58. The van der Waals surface area contributed by atoms with E-state index in [-0.39, 0.29) is 0 Å². The molecule has 0 aliphatic rings. The molecule has 2 heterocycles. The molecule has 1 amide bonds. The van der Waals surface area contributed by atoms with Crippen molar-refractivity contribution in [1.29, 1.82) is 0 Å². The van der Waals surface area contributed by atoms with Gasteiger partial charge in [0.2, 0.25) is 0 Å². The fraction of sp³-hybridized carbons (Fsp3) is 0.538. The molecule has 2 aromatic rings. The second-order valence-electron chi connectivity index (χ2n) is 4.86. The van der Waals surface area contributed by atoms with Crippen molar-refractivity contribution in [2.45, 2.75) is 13.3 Å². The fourth-order valence-corrected chi connectivity index (χ4v) is 2.25. The van der Waals surface area contributed by atoms with E-state index >= 15 is 0 Å². The van der Waals surface area contributed by atoms with Crippen LogP contribution in [0.3, 0.4) is 0 Å². The van der Waals surface area contributed by atoms with Gasteiger partial charge < -0.3 is 14.6 Å². The predicted octanol–water partition coefficient (Wildman–Crippen LogP) is -0.741. The zero-order chi connectivity index (χ0) is 16.4. The average Bonchev–Trinajstić information content (AvgIpc) is 2.81. The van der Waals surface area contributed by atoms with Gasteiger partial charge in [-0.15, -0.1) is 0 Å². The summed E-state index contributed by atoms with van der Waals surface area (Å²) in [6, 6.07) is 0. The highest BCUT2D eigenvalue weighted by Gasteiger charge is 2.16. The topological polar surface area (TPSA) is 100 Å². The molecule has 9 heteroatoms. The van der Waals surface area contributed by atoms with Crippen molar-refractivity contribution in [2.24, 2.45) is 21.1 Å². The summed E-state index contributed by atoms with van der Waals surface area (Å²) in [4.78, 5) is 39.7. The molecule has 0 spiro atoms. The van der Waals surface area contributed by atoms with E-state index in [1.54, 1.807) is 25.6 Å². The maximum Gasteiger partial charge on any atom is 0.407 e. The Morgan fingerprint density at radius 1 is 1.18 bits per heavy atom. The van der Waals surface area contributed by atoms with Crippen LogP contribution in [0.2, 0.25) is 0 Å². The van der Waals surface area contributed by atoms with Crippen LogP contribution < -0.4 is 16.6 Å². The van der Waals surface area contributed by atoms with Crippen LogP contribution in [0, 0.1) is 0 Å². The minimum atomic E-state index is -0.496. The molecular formula is C13H19N5O4. The third-order valence-corrected chi connectivity index (χ3v) is 3.46. The summed E-state index contributed by atoms with van der Waals surface area (Å²) in [6.45, 7) is 2.35. The Morgan fingerprint density at radius 2 is 1.86 bits per heavy atom. The van der Waals surface area contributed by atoms with Crippen LogP contribution in [0.25, 0.3) is 11.2 Å². The first-order chi connectivity index (χ1) is 10.4. The van der Waals surface area contributed by atoms with E-state index in [0.29, 0.717) is 36.6 Å². The lowest BCUT2D eigenvalue weighted by atomic mass is 10.4. The molecule has 0 aliphatic carbocycles. The molecule has 0 aliphatic heterocycles. The molecule has 0 saturated carbocycles. The number of carbonyl (C=O) groups is 1. The lowest BCUT2D eigenvalue weighted by molar-refractivity contribution is 0.152. The Morgan fingerprint density at radius 3 is 2.50 bits per heavy atom. The van der Waals surface area contributed by atoms with E-state index in [9.17, 15) is 14.4 Å². The number of imidazole rings is 1. The normalized spacial score (nSPS) is 10.9. The quantitative estimate of drug-likeness (QED) is 0.802. The molecule has 0 bridgehead atoms. The van der Waals surface area contributed by atoms with Crippen molar-refractivity contribution in [2.75, 3.05) is 13.2 Å². The van der Waals surface area contributed by atoms with Crippen molar-refractivity contribution in [3.63, 3.8) is 0 Å². The van der Waals surface area contributed by atoms with Gasteiger partial charge in [0.1, 0.15) is 5.82 Å². The zero-order valence-electron chi connectivity index (χ0n) is 13.0. The summed E-state index contributed by atoms with van der Waals surface area (Å²) < 4.78 is 8.78. The standard InChI is InChI=1S/C13H19N5O4/c1-5-22-12(20)14-7-6-8-15-10-9(16(8)2)11(19)18(4)13(21)17(10)3/h5-7H2,1-4H3,(H,14,20). The van der Waals surface area contributed by atoms with Gasteiger partial charge in [0, 0.05) is 34.1 Å². The smallest absolute Gasteiger partial charge is 0.407 e. The van der Waals surface area contributed by atoms with Gasteiger partial charge in [-0.05, 0) is 6.92 Å². The van der Waals surface area contributed by atoms with E-state index in [1.165, 1.54) is 11.6 Å². The number of amides is 1. The third-order valence-electron chi connectivity index (χ3n) is 3.46. The number of hydrogen-bond donors (Lipinski definition) is 1. The second kappa shape index (κ2) is 6.04. The van der Waals surface area contributed by atoms with E-state index in [4.69, 9.17) is 4.74 Å². The highest BCUT2D eigenvalue weighted by atomic mass is 16.5. The van der Waals surface area contributed by atoms with E-state index in [0.717, 1.165) is 4.57 Å². The number of aromatic nitrogens is 4. The third kappa shape index (κ3) is 2.61. The molecule has 2 rings (SSSR count). The van der Waals surface area contributed by atoms with Gasteiger partial charge >= 0.3 is 11.8 Å². The average molecular weight is 309 g/mol. The minimum Gasteiger partial charge on any atom is -0.450 e. The van der Waals surface area contributed by atoms with Crippen LogP contribution in [0.4, 0.5) is 4.79 Å². The zero-order valence-corrected chi connectivity index (χ0v) is 13.0. The Labute approximate surface area is 126 Å². The molecule has 1 N–H and O–H groups in total. The van der Waals surface area contributed by atoms with Crippen molar-refractivity contribution < 1.29 is 9.53 Å². The molecular weight excluding hydrogens is 290 g/mol. The molecule has 9 nitrogen and oxygen atoms in total. The van der Waals surface area contributed by atoms with Crippen molar-refractivity contribution in [3.05, 3.63) is 26.7 Å². The van der Waals surface area contributed by atoms with E-state index in [1.807, 2.05) is 0 Å². The lowest BCUT2D eigenvalue weighted by Gasteiger charge is -2.05. The predicted molar refractivity (Wildman–Crippen MR) is 79.9 cm³/mol. The van der Waals surface area contributed by atoms with Gasteiger partial charge in [-0.25, -0.2) is 14.6 Å². The van der Waals surface area contributed by atoms with Gasteiger partial charge in [0.15, 0.2) is 11.2 Å². The number of fused-ring (bicyclic) bond motifs is 1. The fourth-order valence-electron chi connectivity index (χ4n) is 2.25. The summed E-state index contributed by atoms with van der Waals surface area (Å²) in [6.07, 6.45) is -0.0778. The summed E-state index contributed by atoms with van der Waals surface area (Å²) in [5.41, 5.74) is -0.123. The van der Waals surface area contributed by atoms with Crippen molar-refractivity contribution in [1.82, 2.24) is 24.0 Å². The van der Waals surface area contributed by atoms with E-state index in [2.05, 4.69) is 10.3 Å². The molecule has 2 aromatic heterocycles. The SMILES string of the molecule is CCOC(=O)NCCc1nc2c(c(=O)n(C)c(=O)n2C)n1C. The van der Waals surface area contributed by atoms with Gasteiger partial charge in [-0.2, -0.15) is 0 Å².